The lowest BCUT2D eigenvalue weighted by Crippen LogP contribution is -2.32. The molecule has 2 N–H and O–H groups in total. The average molecular weight is 271 g/mol. The van der Waals surface area contributed by atoms with Crippen molar-refractivity contribution in [2.75, 3.05) is 6.54 Å². The molecule has 0 amide bonds. The zero-order chi connectivity index (χ0) is 13.5. The van der Waals surface area contributed by atoms with Crippen LogP contribution in [0.1, 0.15) is 38.1 Å². The highest BCUT2D eigenvalue weighted by Crippen LogP contribution is 2.28. The van der Waals surface area contributed by atoms with Gasteiger partial charge in [0.25, 0.3) is 0 Å². The fourth-order valence-corrected chi connectivity index (χ4v) is 3.05. The zero-order valence-corrected chi connectivity index (χ0v) is 11.4. The second-order valence-corrected chi connectivity index (χ2v) is 5.40. The Morgan fingerprint density at radius 3 is 3.20 bits per heavy atom. The van der Waals surface area contributed by atoms with Crippen LogP contribution in [0.5, 0.6) is 0 Å². The van der Waals surface area contributed by atoms with Crippen LogP contribution in [0.2, 0.25) is 0 Å². The van der Waals surface area contributed by atoms with Gasteiger partial charge in [-0.2, -0.15) is 0 Å². The van der Waals surface area contributed by atoms with Gasteiger partial charge in [0.15, 0.2) is 17.1 Å². The normalized spacial score (nSPS) is 23.6. The number of fused-ring (bicyclic) bond motifs is 3. The lowest BCUT2D eigenvalue weighted by atomic mass is 9.90. The second kappa shape index (κ2) is 4.52. The largest absolute Gasteiger partial charge is 0.340 e. The maximum Gasteiger partial charge on any atom is 0.189 e. The molecule has 1 fully saturated rings. The summed E-state index contributed by atoms with van der Waals surface area (Å²) in [5, 5.41) is 12.2. The number of H-pyrrole nitrogens is 1. The van der Waals surface area contributed by atoms with E-state index in [1.807, 2.05) is 4.40 Å². The summed E-state index contributed by atoms with van der Waals surface area (Å²) in [6, 6.07) is 0.255. The highest BCUT2D eigenvalue weighted by atomic mass is 15.3. The Morgan fingerprint density at radius 2 is 2.30 bits per heavy atom. The van der Waals surface area contributed by atoms with Crippen molar-refractivity contribution in [1.82, 2.24) is 34.9 Å². The van der Waals surface area contributed by atoms with Gasteiger partial charge in [0, 0.05) is 0 Å². The summed E-state index contributed by atoms with van der Waals surface area (Å²) in [5.41, 5.74) is 2.32. The highest BCUT2D eigenvalue weighted by molar-refractivity contribution is 5.84. The molecule has 0 aliphatic carbocycles. The molecule has 0 aromatic carbocycles. The highest BCUT2D eigenvalue weighted by Gasteiger charge is 2.26. The fraction of sp³-hybridized carbons (Fsp3) is 0.538. The first kappa shape index (κ1) is 11.8. The van der Waals surface area contributed by atoms with Gasteiger partial charge in [0.2, 0.25) is 0 Å². The Kier molecular flexibility index (Phi) is 2.66. The lowest BCUT2D eigenvalue weighted by molar-refractivity contribution is 0.290. The minimum absolute atomic E-state index is 0.255. The minimum atomic E-state index is 0.255. The number of hydrogen-bond acceptors (Lipinski definition) is 5. The molecular weight excluding hydrogens is 254 g/mol. The third-order valence-corrected chi connectivity index (χ3v) is 4.26. The molecule has 4 rings (SSSR count). The summed E-state index contributed by atoms with van der Waals surface area (Å²) in [5.74, 6) is 1.71. The Balaban J connectivity index is 1.80. The van der Waals surface area contributed by atoms with Gasteiger partial charge in [-0.1, -0.05) is 13.3 Å². The van der Waals surface area contributed by atoms with E-state index in [0.29, 0.717) is 5.65 Å². The van der Waals surface area contributed by atoms with Crippen molar-refractivity contribution in [2.45, 2.75) is 32.2 Å². The Hall–Kier alpha value is -2.02. The Bertz CT molecular complexity index is 743. The molecule has 2 atom stereocenters. The van der Waals surface area contributed by atoms with Crippen molar-refractivity contribution < 1.29 is 0 Å². The molecule has 4 heterocycles. The van der Waals surface area contributed by atoms with Gasteiger partial charge in [-0.15, -0.1) is 10.2 Å². The third-order valence-electron chi connectivity index (χ3n) is 4.26. The van der Waals surface area contributed by atoms with E-state index in [-0.39, 0.29) is 6.04 Å². The van der Waals surface area contributed by atoms with Crippen molar-refractivity contribution in [1.29, 1.82) is 0 Å². The molecule has 1 aliphatic heterocycles. The molecule has 3 aromatic heterocycles. The molecule has 1 saturated heterocycles. The van der Waals surface area contributed by atoms with E-state index in [2.05, 4.69) is 37.4 Å². The van der Waals surface area contributed by atoms with Crippen molar-refractivity contribution in [3.63, 3.8) is 0 Å². The van der Waals surface area contributed by atoms with E-state index < -0.39 is 0 Å². The van der Waals surface area contributed by atoms with Gasteiger partial charge in [0.05, 0.1) is 12.4 Å². The molecule has 20 heavy (non-hydrogen) atoms. The van der Waals surface area contributed by atoms with E-state index in [1.54, 1.807) is 12.7 Å². The van der Waals surface area contributed by atoms with Gasteiger partial charge in [-0.3, -0.25) is 4.40 Å². The molecular formula is C13H17N7. The van der Waals surface area contributed by atoms with Crippen LogP contribution in [0.25, 0.3) is 16.8 Å². The molecule has 7 heteroatoms. The van der Waals surface area contributed by atoms with Crippen LogP contribution in [0.4, 0.5) is 0 Å². The standard InChI is InChI=1S/C13H17N7/c1-2-8-3-4-14-9(5-8)12-18-19-13-10-11(16-6-15-10)17-7-20(12)13/h6-9,14H,2-5H2,1H3,(H,15,16). The second-order valence-electron chi connectivity index (χ2n) is 5.40. The first-order valence-corrected chi connectivity index (χ1v) is 7.13. The SMILES string of the molecule is CCC1CCNC(c2nnc3c4[nH]cnc4ncn23)C1. The van der Waals surface area contributed by atoms with E-state index in [9.17, 15) is 0 Å². The van der Waals surface area contributed by atoms with Crippen LogP contribution >= 0.6 is 0 Å². The van der Waals surface area contributed by atoms with Gasteiger partial charge in [-0.25, -0.2) is 9.97 Å². The number of aromatic amines is 1. The number of hydrogen-bond donors (Lipinski definition) is 2. The number of nitrogens with one attached hydrogen (secondary N) is 2. The summed E-state index contributed by atoms with van der Waals surface area (Å²) in [4.78, 5) is 11.6. The smallest absolute Gasteiger partial charge is 0.189 e. The summed E-state index contributed by atoms with van der Waals surface area (Å²) in [6.45, 7) is 3.29. The van der Waals surface area contributed by atoms with Gasteiger partial charge < -0.3 is 10.3 Å². The minimum Gasteiger partial charge on any atom is -0.340 e. The molecule has 1 aliphatic rings. The third kappa shape index (κ3) is 1.70. The number of imidazole rings is 1. The van der Waals surface area contributed by atoms with E-state index in [0.717, 1.165) is 35.9 Å². The molecule has 0 bridgehead atoms. The summed E-state index contributed by atoms with van der Waals surface area (Å²) in [7, 11) is 0. The zero-order valence-electron chi connectivity index (χ0n) is 11.4. The van der Waals surface area contributed by atoms with Gasteiger partial charge in [-0.05, 0) is 25.3 Å². The van der Waals surface area contributed by atoms with Crippen LogP contribution < -0.4 is 5.32 Å². The van der Waals surface area contributed by atoms with Gasteiger partial charge in [0.1, 0.15) is 11.8 Å². The monoisotopic (exact) mass is 271 g/mol. The fourth-order valence-electron chi connectivity index (χ4n) is 3.05. The van der Waals surface area contributed by atoms with Crippen LogP contribution in [0, 0.1) is 5.92 Å². The molecule has 3 aromatic rings. The predicted molar refractivity (Wildman–Crippen MR) is 74.2 cm³/mol. The lowest BCUT2D eigenvalue weighted by Gasteiger charge is -2.28. The van der Waals surface area contributed by atoms with Crippen LogP contribution in [0.15, 0.2) is 12.7 Å². The molecule has 2 unspecified atom stereocenters. The topological polar surface area (TPSA) is 83.8 Å². The number of aromatic nitrogens is 6. The Morgan fingerprint density at radius 1 is 1.35 bits per heavy atom. The number of rotatable bonds is 2. The molecule has 0 saturated carbocycles. The molecule has 0 radical (unpaired) electrons. The summed E-state index contributed by atoms with van der Waals surface area (Å²) < 4.78 is 1.97. The quantitative estimate of drug-likeness (QED) is 0.737. The van der Waals surface area contributed by atoms with Gasteiger partial charge >= 0.3 is 0 Å². The number of nitrogens with zero attached hydrogens (tertiary/aromatic N) is 5. The molecule has 0 spiro atoms. The van der Waals surface area contributed by atoms with Crippen LogP contribution in [-0.2, 0) is 0 Å². The van der Waals surface area contributed by atoms with Crippen LogP contribution in [0.3, 0.4) is 0 Å². The van der Waals surface area contributed by atoms with Crippen molar-refractivity contribution in [2.24, 2.45) is 5.92 Å². The molecule has 7 nitrogen and oxygen atoms in total. The maximum atomic E-state index is 4.38. The van der Waals surface area contributed by atoms with E-state index in [4.69, 9.17) is 0 Å². The van der Waals surface area contributed by atoms with E-state index >= 15 is 0 Å². The first-order valence-electron chi connectivity index (χ1n) is 7.13. The maximum absolute atomic E-state index is 4.38. The van der Waals surface area contributed by atoms with Crippen molar-refractivity contribution >= 4 is 16.8 Å². The molecule has 104 valence electrons. The summed E-state index contributed by atoms with van der Waals surface area (Å²) in [6.07, 6.45) is 6.98. The van der Waals surface area contributed by atoms with Crippen molar-refractivity contribution in [3.05, 3.63) is 18.5 Å². The average Bonchev–Trinajstić information content (AvgIpc) is 3.12. The summed E-state index contributed by atoms with van der Waals surface area (Å²) >= 11 is 0. The first-order chi connectivity index (χ1) is 9.86. The Labute approximate surface area is 115 Å². The van der Waals surface area contributed by atoms with Crippen molar-refractivity contribution in [3.8, 4) is 0 Å². The van der Waals surface area contributed by atoms with E-state index in [1.165, 1.54) is 12.8 Å². The predicted octanol–water partition coefficient (Wildman–Crippen LogP) is 1.45. The van der Waals surface area contributed by atoms with Crippen LogP contribution in [-0.4, -0.2) is 36.1 Å². The number of piperidine rings is 1.